The zero-order valence-corrected chi connectivity index (χ0v) is 21.6. The molecule has 37 heavy (non-hydrogen) atoms. The molecular formula is C29H32O8. The van der Waals surface area contributed by atoms with Crippen molar-refractivity contribution >= 4 is 28.7 Å². The molecule has 2 aromatic rings. The van der Waals surface area contributed by atoms with Gasteiger partial charge in [-0.25, -0.2) is 14.4 Å². The standard InChI is InChI=1S/C29H32O8/c1-16(2)28(32)36-18(5)14-34-25-21-9-7-8-10-22(21)26(35-15-19(6)37-29(33)17(3)4)24-13-20(27(30)31)11-12-23(24)25/h7-11,18-19H,1,3,12-15H2,2,4-6H3,(H,30,31). The van der Waals surface area contributed by atoms with Crippen LogP contribution in [0.25, 0.3) is 10.8 Å². The highest BCUT2D eigenvalue weighted by atomic mass is 16.6. The number of esters is 2. The summed E-state index contributed by atoms with van der Waals surface area (Å²) >= 11 is 0. The monoisotopic (exact) mass is 508 g/mol. The van der Waals surface area contributed by atoms with Crippen molar-refractivity contribution in [3.63, 3.8) is 0 Å². The molecule has 0 saturated carbocycles. The number of carbonyl (C=O) groups is 3. The maximum absolute atomic E-state index is 11.9. The summed E-state index contributed by atoms with van der Waals surface area (Å²) in [6.45, 7) is 13.9. The molecule has 0 heterocycles. The normalized spacial score (nSPS) is 14.0. The van der Waals surface area contributed by atoms with Crippen LogP contribution in [0.4, 0.5) is 0 Å². The zero-order valence-electron chi connectivity index (χ0n) is 21.6. The van der Waals surface area contributed by atoms with Crippen molar-refractivity contribution in [3.05, 3.63) is 71.3 Å². The molecule has 0 amide bonds. The number of hydrogen-bond donors (Lipinski definition) is 1. The minimum absolute atomic E-state index is 0.0651. The molecule has 2 atom stereocenters. The van der Waals surface area contributed by atoms with Gasteiger partial charge in [0.1, 0.15) is 36.9 Å². The van der Waals surface area contributed by atoms with E-state index >= 15 is 0 Å². The number of carboxylic acid groups (broad SMARTS) is 1. The van der Waals surface area contributed by atoms with Gasteiger partial charge in [0.15, 0.2) is 0 Å². The number of allylic oxidation sites excluding steroid dienone is 1. The Morgan fingerprint density at radius 1 is 0.865 bits per heavy atom. The zero-order chi connectivity index (χ0) is 27.3. The predicted molar refractivity (Wildman–Crippen MR) is 139 cm³/mol. The number of ether oxygens (including phenoxy) is 4. The highest BCUT2D eigenvalue weighted by molar-refractivity contribution is 5.98. The topological polar surface area (TPSA) is 108 Å². The van der Waals surface area contributed by atoms with E-state index in [-0.39, 0.29) is 30.8 Å². The molecule has 0 radical (unpaired) electrons. The molecule has 2 unspecified atom stereocenters. The first kappa shape index (κ1) is 27.5. The number of carboxylic acids is 1. The summed E-state index contributed by atoms with van der Waals surface area (Å²) in [4.78, 5) is 35.6. The fraction of sp³-hybridized carbons (Fsp3) is 0.345. The molecule has 1 aliphatic rings. The lowest BCUT2D eigenvalue weighted by Crippen LogP contribution is -2.24. The van der Waals surface area contributed by atoms with Crippen LogP contribution in [0.15, 0.2) is 60.2 Å². The van der Waals surface area contributed by atoms with Crippen molar-refractivity contribution in [1.29, 1.82) is 0 Å². The lowest BCUT2D eigenvalue weighted by molar-refractivity contribution is -0.145. The van der Waals surface area contributed by atoms with Crippen molar-refractivity contribution in [2.45, 2.75) is 52.7 Å². The van der Waals surface area contributed by atoms with Crippen molar-refractivity contribution < 1.29 is 38.4 Å². The van der Waals surface area contributed by atoms with Crippen LogP contribution in [0.5, 0.6) is 11.5 Å². The number of carbonyl (C=O) groups excluding carboxylic acids is 2. The van der Waals surface area contributed by atoms with Gasteiger partial charge in [-0.05, 0) is 34.1 Å². The summed E-state index contributed by atoms with van der Waals surface area (Å²) in [6, 6.07) is 7.48. The van der Waals surface area contributed by atoms with Crippen molar-refractivity contribution in [2.75, 3.05) is 13.2 Å². The van der Waals surface area contributed by atoms with Gasteiger partial charge < -0.3 is 24.1 Å². The molecule has 1 N–H and O–H groups in total. The Kier molecular flexibility index (Phi) is 8.76. The molecule has 1 aliphatic carbocycles. The van der Waals surface area contributed by atoms with Crippen LogP contribution in [0.3, 0.4) is 0 Å². The summed E-state index contributed by atoms with van der Waals surface area (Å²) in [6.07, 6.45) is 1.04. The Hall–Kier alpha value is -4.07. The molecule has 0 fully saturated rings. The van der Waals surface area contributed by atoms with Gasteiger partial charge in [0.2, 0.25) is 0 Å². The molecule has 0 bridgehead atoms. The second-order valence-corrected chi connectivity index (χ2v) is 9.19. The first-order valence-electron chi connectivity index (χ1n) is 12.0. The van der Waals surface area contributed by atoms with Gasteiger partial charge in [0.25, 0.3) is 0 Å². The fourth-order valence-corrected chi connectivity index (χ4v) is 3.90. The van der Waals surface area contributed by atoms with Gasteiger partial charge in [-0.2, -0.15) is 0 Å². The van der Waals surface area contributed by atoms with E-state index in [1.54, 1.807) is 33.8 Å². The third-order valence-corrected chi connectivity index (χ3v) is 5.76. The van der Waals surface area contributed by atoms with Crippen LogP contribution in [0.2, 0.25) is 0 Å². The Labute approximate surface area is 216 Å². The third kappa shape index (κ3) is 6.58. The second kappa shape index (κ2) is 11.8. The quantitative estimate of drug-likeness (QED) is 0.343. The summed E-state index contributed by atoms with van der Waals surface area (Å²) < 4.78 is 23.1. The first-order chi connectivity index (χ1) is 17.5. The van der Waals surface area contributed by atoms with E-state index in [1.807, 2.05) is 24.3 Å². The fourth-order valence-electron chi connectivity index (χ4n) is 3.90. The molecule has 2 aromatic carbocycles. The van der Waals surface area contributed by atoms with Gasteiger partial charge in [0, 0.05) is 45.0 Å². The van der Waals surface area contributed by atoms with Crippen LogP contribution < -0.4 is 9.47 Å². The van der Waals surface area contributed by atoms with E-state index in [0.717, 1.165) is 16.3 Å². The van der Waals surface area contributed by atoms with Gasteiger partial charge in [-0.15, -0.1) is 0 Å². The molecule has 8 nitrogen and oxygen atoms in total. The van der Waals surface area contributed by atoms with E-state index in [1.165, 1.54) is 0 Å². The van der Waals surface area contributed by atoms with Crippen LogP contribution in [-0.2, 0) is 36.7 Å². The summed E-state index contributed by atoms with van der Waals surface area (Å²) in [7, 11) is 0. The van der Waals surface area contributed by atoms with Crippen LogP contribution in [0, 0.1) is 0 Å². The highest BCUT2D eigenvalue weighted by Crippen LogP contribution is 2.44. The molecule has 0 spiro atoms. The number of aliphatic carboxylic acids is 1. The molecule has 0 saturated heterocycles. The van der Waals surface area contributed by atoms with Crippen LogP contribution >= 0.6 is 0 Å². The van der Waals surface area contributed by atoms with E-state index in [0.29, 0.717) is 29.1 Å². The predicted octanol–water partition coefficient (Wildman–Crippen LogP) is 4.72. The van der Waals surface area contributed by atoms with E-state index in [4.69, 9.17) is 18.9 Å². The number of fused-ring (bicyclic) bond motifs is 2. The maximum Gasteiger partial charge on any atom is 0.333 e. The largest absolute Gasteiger partial charge is 0.489 e. The van der Waals surface area contributed by atoms with E-state index < -0.39 is 30.1 Å². The second-order valence-electron chi connectivity index (χ2n) is 9.19. The first-order valence-corrected chi connectivity index (χ1v) is 12.0. The van der Waals surface area contributed by atoms with Gasteiger partial charge >= 0.3 is 17.9 Å². The minimum Gasteiger partial charge on any atom is -0.489 e. The number of rotatable bonds is 11. The SMILES string of the molecule is C=C(C)C(=O)OC(C)COc1c2c(c(OCC(C)OC(=O)C(=C)C)c3ccccc13)CC(C(=O)O)=CC2. The molecule has 196 valence electrons. The third-order valence-electron chi connectivity index (χ3n) is 5.76. The van der Waals surface area contributed by atoms with Gasteiger partial charge in [0.05, 0.1) is 0 Å². The Morgan fingerprint density at radius 3 is 1.76 bits per heavy atom. The Bertz CT molecular complexity index is 1290. The maximum atomic E-state index is 11.9. The molecule has 0 aliphatic heterocycles. The Balaban J connectivity index is 1.99. The van der Waals surface area contributed by atoms with Crippen molar-refractivity contribution in [1.82, 2.24) is 0 Å². The smallest absolute Gasteiger partial charge is 0.333 e. The Morgan fingerprint density at radius 2 is 1.32 bits per heavy atom. The van der Waals surface area contributed by atoms with Crippen LogP contribution in [-0.4, -0.2) is 48.4 Å². The number of hydrogen-bond acceptors (Lipinski definition) is 7. The molecule has 8 heteroatoms. The molecule has 3 rings (SSSR count). The van der Waals surface area contributed by atoms with Crippen molar-refractivity contribution in [2.24, 2.45) is 0 Å². The van der Waals surface area contributed by atoms with E-state index in [9.17, 15) is 19.5 Å². The van der Waals surface area contributed by atoms with Crippen molar-refractivity contribution in [3.8, 4) is 11.5 Å². The van der Waals surface area contributed by atoms with Gasteiger partial charge in [-0.1, -0.05) is 43.5 Å². The molecule has 0 aromatic heterocycles. The number of benzene rings is 2. The average Bonchev–Trinajstić information content (AvgIpc) is 2.85. The summed E-state index contributed by atoms with van der Waals surface area (Å²) in [5, 5.41) is 11.2. The van der Waals surface area contributed by atoms with Crippen LogP contribution in [0.1, 0.15) is 38.8 Å². The lowest BCUT2D eigenvalue weighted by atomic mass is 9.87. The average molecular weight is 509 g/mol. The summed E-state index contributed by atoms with van der Waals surface area (Å²) in [5.74, 6) is -0.911. The van der Waals surface area contributed by atoms with Gasteiger partial charge in [-0.3, -0.25) is 0 Å². The summed E-state index contributed by atoms with van der Waals surface area (Å²) in [5.41, 5.74) is 2.33. The minimum atomic E-state index is -1.00. The highest BCUT2D eigenvalue weighted by Gasteiger charge is 2.27. The lowest BCUT2D eigenvalue weighted by Gasteiger charge is -2.26. The molecular weight excluding hydrogens is 476 g/mol. The van der Waals surface area contributed by atoms with E-state index in [2.05, 4.69) is 13.2 Å².